The fourth-order valence-corrected chi connectivity index (χ4v) is 2.22. The van der Waals surface area contributed by atoms with Crippen LogP contribution in [-0.2, 0) is 6.61 Å². The van der Waals surface area contributed by atoms with Crippen molar-refractivity contribution >= 4 is 11.6 Å². The van der Waals surface area contributed by atoms with Gasteiger partial charge in [-0.25, -0.2) is 0 Å². The van der Waals surface area contributed by atoms with Gasteiger partial charge < -0.3 is 14.8 Å². The van der Waals surface area contributed by atoms with Gasteiger partial charge in [0.2, 0.25) is 0 Å². The van der Waals surface area contributed by atoms with Crippen LogP contribution in [0.15, 0.2) is 71.5 Å². The highest BCUT2D eigenvalue weighted by atomic mass is 16.3. The number of aliphatic hydroxyl groups is 1. The Hall–Kier alpha value is -2.85. The van der Waals surface area contributed by atoms with Gasteiger partial charge in [0.25, 0.3) is 5.91 Å². The van der Waals surface area contributed by atoms with Gasteiger partial charge in [-0.1, -0.05) is 24.3 Å². The van der Waals surface area contributed by atoms with Gasteiger partial charge in [-0.05, 0) is 41.5 Å². The molecule has 0 unspecified atom stereocenters. The molecule has 0 saturated carbocycles. The van der Waals surface area contributed by atoms with E-state index in [1.807, 2.05) is 24.3 Å². The minimum Gasteiger partial charge on any atom is -0.472 e. The first kappa shape index (κ1) is 14.1. The Morgan fingerprint density at radius 3 is 2.68 bits per heavy atom. The van der Waals surface area contributed by atoms with E-state index in [9.17, 15) is 4.79 Å². The molecule has 3 aromatic rings. The number of carbonyl (C=O) groups is 1. The van der Waals surface area contributed by atoms with Crippen molar-refractivity contribution < 1.29 is 14.3 Å². The number of hydrogen-bond donors (Lipinski definition) is 2. The van der Waals surface area contributed by atoms with Gasteiger partial charge >= 0.3 is 0 Å². The van der Waals surface area contributed by atoms with Crippen LogP contribution < -0.4 is 5.32 Å². The van der Waals surface area contributed by atoms with E-state index in [1.165, 1.54) is 0 Å². The Morgan fingerprint density at radius 2 is 1.91 bits per heavy atom. The highest BCUT2D eigenvalue weighted by Crippen LogP contribution is 2.21. The van der Waals surface area contributed by atoms with Gasteiger partial charge in [-0.3, -0.25) is 4.79 Å². The minimum absolute atomic E-state index is 0.0559. The molecule has 22 heavy (non-hydrogen) atoms. The summed E-state index contributed by atoms with van der Waals surface area (Å²) in [5.74, 6) is -0.194. The summed E-state index contributed by atoms with van der Waals surface area (Å²) in [6, 6.07) is 16.3. The Bertz CT molecular complexity index is 779. The lowest BCUT2D eigenvalue weighted by Gasteiger charge is -2.07. The first-order chi connectivity index (χ1) is 10.8. The molecule has 3 rings (SSSR count). The first-order valence-electron chi connectivity index (χ1n) is 6.90. The number of benzene rings is 2. The van der Waals surface area contributed by atoms with Crippen molar-refractivity contribution in [2.45, 2.75) is 6.61 Å². The largest absolute Gasteiger partial charge is 0.472 e. The zero-order valence-electron chi connectivity index (χ0n) is 11.8. The molecule has 0 atom stereocenters. The predicted molar refractivity (Wildman–Crippen MR) is 84.5 cm³/mol. The van der Waals surface area contributed by atoms with Crippen LogP contribution in [-0.4, -0.2) is 11.0 Å². The molecule has 0 spiro atoms. The van der Waals surface area contributed by atoms with Crippen LogP contribution >= 0.6 is 0 Å². The number of hydrogen-bond acceptors (Lipinski definition) is 3. The number of amides is 1. The summed E-state index contributed by atoms with van der Waals surface area (Å²) in [6.07, 6.45) is 3.24. The zero-order valence-corrected chi connectivity index (χ0v) is 11.8. The Balaban J connectivity index is 1.81. The Morgan fingerprint density at radius 1 is 1.05 bits per heavy atom. The van der Waals surface area contributed by atoms with Crippen molar-refractivity contribution in [1.82, 2.24) is 0 Å². The van der Waals surface area contributed by atoms with Gasteiger partial charge in [0.05, 0.1) is 19.1 Å². The molecule has 0 aliphatic heterocycles. The van der Waals surface area contributed by atoms with Crippen LogP contribution in [0.2, 0.25) is 0 Å². The molecule has 4 heteroatoms. The average molecular weight is 293 g/mol. The molecule has 4 nitrogen and oxygen atoms in total. The molecule has 0 saturated heterocycles. The number of anilines is 1. The lowest BCUT2D eigenvalue weighted by atomic mass is 10.1. The third-order valence-corrected chi connectivity index (χ3v) is 3.35. The molecule has 110 valence electrons. The SMILES string of the molecule is O=C(Nc1cccc(CO)c1)c1cccc(-c2ccoc2)c1. The standard InChI is InChI=1S/C18H15NO3/c20-11-13-3-1-6-17(9-13)19-18(21)15-5-2-4-14(10-15)16-7-8-22-12-16/h1-10,12,20H,11H2,(H,19,21). The van der Waals surface area contributed by atoms with E-state index in [0.717, 1.165) is 16.7 Å². The number of carbonyl (C=O) groups excluding carboxylic acids is 1. The molecule has 1 aromatic heterocycles. The molecular formula is C18H15NO3. The molecule has 0 aliphatic carbocycles. The molecule has 1 amide bonds. The summed E-state index contributed by atoms with van der Waals surface area (Å²) in [6.45, 7) is -0.0559. The third-order valence-electron chi connectivity index (χ3n) is 3.35. The maximum absolute atomic E-state index is 12.3. The molecule has 0 bridgehead atoms. The Labute approximate surface area is 128 Å². The van der Waals surface area contributed by atoms with Crippen LogP contribution in [0.4, 0.5) is 5.69 Å². The minimum atomic E-state index is -0.194. The van der Waals surface area contributed by atoms with E-state index in [0.29, 0.717) is 11.3 Å². The summed E-state index contributed by atoms with van der Waals surface area (Å²) >= 11 is 0. The third kappa shape index (κ3) is 3.07. The number of nitrogens with one attached hydrogen (secondary N) is 1. The van der Waals surface area contributed by atoms with E-state index < -0.39 is 0 Å². The van der Waals surface area contributed by atoms with E-state index in [2.05, 4.69) is 5.32 Å². The topological polar surface area (TPSA) is 62.5 Å². The second kappa shape index (κ2) is 6.28. The van der Waals surface area contributed by atoms with Crippen molar-refractivity contribution in [3.05, 3.63) is 78.3 Å². The second-order valence-corrected chi connectivity index (χ2v) is 4.91. The fourth-order valence-electron chi connectivity index (χ4n) is 2.22. The molecule has 0 radical (unpaired) electrons. The molecule has 0 fully saturated rings. The van der Waals surface area contributed by atoms with Gasteiger partial charge in [0, 0.05) is 16.8 Å². The average Bonchev–Trinajstić information content (AvgIpc) is 3.09. The number of furan rings is 1. The summed E-state index contributed by atoms with van der Waals surface area (Å²) in [7, 11) is 0. The predicted octanol–water partition coefficient (Wildman–Crippen LogP) is 3.69. The lowest BCUT2D eigenvalue weighted by molar-refractivity contribution is 0.102. The van der Waals surface area contributed by atoms with Crippen molar-refractivity contribution in [2.24, 2.45) is 0 Å². The van der Waals surface area contributed by atoms with E-state index >= 15 is 0 Å². The van der Waals surface area contributed by atoms with Crippen LogP contribution in [0.1, 0.15) is 15.9 Å². The van der Waals surface area contributed by atoms with Crippen LogP contribution in [0.5, 0.6) is 0 Å². The second-order valence-electron chi connectivity index (χ2n) is 4.91. The van der Waals surface area contributed by atoms with Gasteiger partial charge in [0.15, 0.2) is 0 Å². The monoisotopic (exact) mass is 293 g/mol. The fraction of sp³-hybridized carbons (Fsp3) is 0.0556. The summed E-state index contributed by atoms with van der Waals surface area (Å²) in [5, 5.41) is 12.0. The van der Waals surface area contributed by atoms with Crippen molar-refractivity contribution in [2.75, 3.05) is 5.32 Å². The molecule has 1 heterocycles. The van der Waals surface area contributed by atoms with Crippen molar-refractivity contribution in [3.63, 3.8) is 0 Å². The molecule has 0 aliphatic rings. The van der Waals surface area contributed by atoms with E-state index in [4.69, 9.17) is 9.52 Å². The summed E-state index contributed by atoms with van der Waals surface area (Å²) < 4.78 is 5.07. The smallest absolute Gasteiger partial charge is 0.255 e. The number of aliphatic hydroxyl groups excluding tert-OH is 1. The van der Waals surface area contributed by atoms with Crippen LogP contribution in [0.3, 0.4) is 0 Å². The number of rotatable bonds is 4. The van der Waals surface area contributed by atoms with Crippen LogP contribution in [0.25, 0.3) is 11.1 Å². The highest BCUT2D eigenvalue weighted by molar-refractivity contribution is 6.05. The summed E-state index contributed by atoms with van der Waals surface area (Å²) in [4.78, 5) is 12.3. The van der Waals surface area contributed by atoms with Crippen LogP contribution in [0, 0.1) is 0 Å². The van der Waals surface area contributed by atoms with Crippen molar-refractivity contribution in [1.29, 1.82) is 0 Å². The maximum atomic E-state index is 12.3. The lowest BCUT2D eigenvalue weighted by Crippen LogP contribution is -2.12. The quantitative estimate of drug-likeness (QED) is 0.771. The molecule has 2 aromatic carbocycles. The first-order valence-corrected chi connectivity index (χ1v) is 6.90. The zero-order chi connectivity index (χ0) is 15.4. The van der Waals surface area contributed by atoms with Gasteiger partial charge in [-0.2, -0.15) is 0 Å². The Kier molecular flexibility index (Phi) is 4.03. The highest BCUT2D eigenvalue weighted by Gasteiger charge is 2.08. The summed E-state index contributed by atoms with van der Waals surface area (Å²) in [5.41, 5.74) is 3.82. The van der Waals surface area contributed by atoms with E-state index in [1.54, 1.807) is 42.9 Å². The van der Waals surface area contributed by atoms with Crippen molar-refractivity contribution in [3.8, 4) is 11.1 Å². The molecular weight excluding hydrogens is 278 g/mol. The normalized spacial score (nSPS) is 10.4. The van der Waals surface area contributed by atoms with E-state index in [-0.39, 0.29) is 12.5 Å². The van der Waals surface area contributed by atoms with Gasteiger partial charge in [0.1, 0.15) is 0 Å². The maximum Gasteiger partial charge on any atom is 0.255 e. The van der Waals surface area contributed by atoms with Gasteiger partial charge in [-0.15, -0.1) is 0 Å². The molecule has 2 N–H and O–H groups in total.